The molecule has 6 heteroatoms. The molecule has 0 saturated carbocycles. The summed E-state index contributed by atoms with van der Waals surface area (Å²) in [7, 11) is 1.71. The van der Waals surface area contributed by atoms with Crippen molar-refractivity contribution in [2.24, 2.45) is 0 Å². The van der Waals surface area contributed by atoms with Crippen LogP contribution >= 0.6 is 0 Å². The SMILES string of the molecule is CCn1nc(C(=O)N2CCCCC2)c2c1CC[C@H](NCc1ccccc1OC)C2. The van der Waals surface area contributed by atoms with E-state index in [1.54, 1.807) is 7.11 Å². The second-order valence-corrected chi connectivity index (χ2v) is 8.07. The van der Waals surface area contributed by atoms with Crippen molar-refractivity contribution in [1.82, 2.24) is 20.0 Å². The number of carbonyl (C=O) groups excluding carboxylic acids is 1. The zero-order valence-electron chi connectivity index (χ0n) is 17.6. The van der Waals surface area contributed by atoms with E-state index in [1.165, 1.54) is 12.1 Å². The number of rotatable bonds is 6. The van der Waals surface area contributed by atoms with Gasteiger partial charge in [-0.15, -0.1) is 0 Å². The number of fused-ring (bicyclic) bond motifs is 1. The molecule has 4 rings (SSSR count). The third-order valence-electron chi connectivity index (χ3n) is 6.27. The molecule has 1 aliphatic carbocycles. The third-order valence-corrected chi connectivity index (χ3v) is 6.27. The average Bonchev–Trinajstić information content (AvgIpc) is 3.16. The van der Waals surface area contributed by atoms with E-state index < -0.39 is 0 Å². The molecule has 0 spiro atoms. The molecule has 1 N–H and O–H groups in total. The van der Waals surface area contributed by atoms with Crippen LogP contribution in [0.2, 0.25) is 0 Å². The minimum atomic E-state index is 0.124. The van der Waals surface area contributed by atoms with E-state index >= 15 is 0 Å². The molecule has 0 radical (unpaired) electrons. The minimum absolute atomic E-state index is 0.124. The van der Waals surface area contributed by atoms with Gasteiger partial charge in [0.2, 0.25) is 0 Å². The second kappa shape index (κ2) is 8.99. The molecule has 1 fully saturated rings. The molecule has 1 aromatic carbocycles. The van der Waals surface area contributed by atoms with Crippen molar-refractivity contribution in [2.75, 3.05) is 20.2 Å². The normalized spacial score (nSPS) is 19.1. The van der Waals surface area contributed by atoms with Gasteiger partial charge >= 0.3 is 0 Å². The molecule has 1 saturated heterocycles. The van der Waals surface area contributed by atoms with Crippen LogP contribution in [-0.4, -0.2) is 46.8 Å². The second-order valence-electron chi connectivity index (χ2n) is 8.07. The van der Waals surface area contributed by atoms with Crippen LogP contribution in [0.1, 0.15) is 59.9 Å². The van der Waals surface area contributed by atoms with Crippen LogP contribution in [0.4, 0.5) is 0 Å². The largest absolute Gasteiger partial charge is 0.496 e. The van der Waals surface area contributed by atoms with E-state index in [4.69, 9.17) is 9.84 Å². The number of amides is 1. The van der Waals surface area contributed by atoms with Crippen molar-refractivity contribution in [3.63, 3.8) is 0 Å². The Labute approximate surface area is 173 Å². The molecule has 1 amide bonds. The minimum Gasteiger partial charge on any atom is -0.496 e. The van der Waals surface area contributed by atoms with Gasteiger partial charge in [0.05, 0.1) is 7.11 Å². The number of piperidine rings is 1. The number of aryl methyl sites for hydroxylation is 1. The Kier molecular flexibility index (Phi) is 6.19. The summed E-state index contributed by atoms with van der Waals surface area (Å²) in [5, 5.41) is 8.43. The molecule has 1 aliphatic heterocycles. The van der Waals surface area contributed by atoms with Crippen molar-refractivity contribution in [3.8, 4) is 5.75 Å². The van der Waals surface area contributed by atoms with Gasteiger partial charge < -0.3 is 15.0 Å². The van der Waals surface area contributed by atoms with Crippen LogP contribution in [-0.2, 0) is 25.9 Å². The van der Waals surface area contributed by atoms with Crippen LogP contribution in [0.25, 0.3) is 0 Å². The van der Waals surface area contributed by atoms with Gasteiger partial charge in [-0.2, -0.15) is 5.10 Å². The topological polar surface area (TPSA) is 59.4 Å². The fourth-order valence-corrected chi connectivity index (χ4v) is 4.65. The number of carbonyl (C=O) groups is 1. The van der Waals surface area contributed by atoms with Crippen LogP contribution in [0.15, 0.2) is 24.3 Å². The summed E-state index contributed by atoms with van der Waals surface area (Å²) in [5.74, 6) is 1.04. The molecule has 29 heavy (non-hydrogen) atoms. The number of nitrogens with zero attached hydrogens (tertiary/aromatic N) is 3. The Bertz CT molecular complexity index is 855. The predicted octanol–water partition coefficient (Wildman–Crippen LogP) is 3.18. The van der Waals surface area contributed by atoms with E-state index in [2.05, 4.69) is 18.3 Å². The molecule has 2 aromatic rings. The van der Waals surface area contributed by atoms with Gasteiger partial charge in [0.25, 0.3) is 5.91 Å². The zero-order chi connectivity index (χ0) is 20.2. The van der Waals surface area contributed by atoms with Gasteiger partial charge in [-0.1, -0.05) is 18.2 Å². The standard InChI is InChI=1S/C23H32N4O2/c1-3-27-20-12-11-18(24-16-17-9-5-6-10-21(17)29-2)15-19(20)22(25-27)23(28)26-13-7-4-8-14-26/h5-6,9-10,18,24H,3-4,7-8,11-16H2,1-2H3/t18-/m0/s1. The van der Waals surface area contributed by atoms with Crippen LogP contribution < -0.4 is 10.1 Å². The summed E-state index contributed by atoms with van der Waals surface area (Å²) >= 11 is 0. The van der Waals surface area contributed by atoms with Crippen molar-refractivity contribution in [1.29, 1.82) is 0 Å². The third kappa shape index (κ3) is 4.17. The molecule has 1 atom stereocenters. The number of hydrogen-bond acceptors (Lipinski definition) is 4. The summed E-state index contributed by atoms with van der Waals surface area (Å²) in [4.78, 5) is 15.2. The van der Waals surface area contributed by atoms with Gasteiger partial charge in [-0.3, -0.25) is 9.48 Å². The van der Waals surface area contributed by atoms with Gasteiger partial charge in [-0.05, 0) is 51.5 Å². The lowest BCUT2D eigenvalue weighted by Gasteiger charge is -2.28. The molecule has 2 heterocycles. The monoisotopic (exact) mass is 396 g/mol. The molecule has 1 aromatic heterocycles. The first-order valence-corrected chi connectivity index (χ1v) is 10.9. The smallest absolute Gasteiger partial charge is 0.274 e. The number of para-hydroxylation sites is 1. The summed E-state index contributed by atoms with van der Waals surface area (Å²) in [6, 6.07) is 8.47. The first kappa shape index (κ1) is 20.0. The molecule has 0 bridgehead atoms. The van der Waals surface area contributed by atoms with E-state index in [0.29, 0.717) is 11.7 Å². The fourth-order valence-electron chi connectivity index (χ4n) is 4.65. The highest BCUT2D eigenvalue weighted by Gasteiger charge is 2.31. The van der Waals surface area contributed by atoms with Crippen molar-refractivity contribution in [2.45, 2.75) is 64.6 Å². The summed E-state index contributed by atoms with van der Waals surface area (Å²) < 4.78 is 7.52. The summed E-state index contributed by atoms with van der Waals surface area (Å²) in [6.45, 7) is 5.41. The Balaban J connectivity index is 1.50. The Morgan fingerprint density at radius 1 is 1.24 bits per heavy atom. The van der Waals surface area contributed by atoms with Gasteiger partial charge in [0.15, 0.2) is 5.69 Å². The molecular formula is C23H32N4O2. The zero-order valence-corrected chi connectivity index (χ0v) is 17.6. The lowest BCUT2D eigenvalue weighted by Crippen LogP contribution is -2.38. The van der Waals surface area contributed by atoms with Crippen LogP contribution in [0, 0.1) is 0 Å². The lowest BCUT2D eigenvalue weighted by molar-refractivity contribution is 0.0716. The molecular weight excluding hydrogens is 364 g/mol. The Morgan fingerprint density at radius 2 is 2.03 bits per heavy atom. The van der Waals surface area contributed by atoms with Gasteiger partial charge in [0, 0.05) is 49.0 Å². The van der Waals surface area contributed by atoms with Crippen molar-refractivity contribution in [3.05, 3.63) is 46.8 Å². The number of methoxy groups -OCH3 is 1. The first-order valence-electron chi connectivity index (χ1n) is 10.9. The van der Waals surface area contributed by atoms with Crippen molar-refractivity contribution >= 4 is 5.91 Å². The summed E-state index contributed by atoms with van der Waals surface area (Å²) in [5.41, 5.74) is 4.26. The average molecular weight is 397 g/mol. The number of ether oxygens (including phenoxy) is 1. The number of likely N-dealkylation sites (tertiary alicyclic amines) is 1. The van der Waals surface area contributed by atoms with Crippen molar-refractivity contribution < 1.29 is 9.53 Å². The van der Waals surface area contributed by atoms with E-state index in [-0.39, 0.29) is 5.91 Å². The molecule has 2 aliphatic rings. The molecule has 156 valence electrons. The number of benzene rings is 1. The highest BCUT2D eigenvalue weighted by molar-refractivity contribution is 5.94. The highest BCUT2D eigenvalue weighted by Crippen LogP contribution is 2.27. The first-order chi connectivity index (χ1) is 14.2. The fraction of sp³-hybridized carbons (Fsp3) is 0.565. The maximum atomic E-state index is 13.2. The Morgan fingerprint density at radius 3 is 2.79 bits per heavy atom. The number of hydrogen-bond donors (Lipinski definition) is 1. The van der Waals surface area contributed by atoms with Crippen LogP contribution in [0.3, 0.4) is 0 Å². The van der Waals surface area contributed by atoms with E-state index in [9.17, 15) is 4.79 Å². The van der Waals surface area contributed by atoms with Gasteiger partial charge in [-0.25, -0.2) is 0 Å². The van der Waals surface area contributed by atoms with E-state index in [1.807, 2.05) is 27.8 Å². The molecule has 6 nitrogen and oxygen atoms in total. The van der Waals surface area contributed by atoms with E-state index in [0.717, 1.165) is 75.2 Å². The number of nitrogens with one attached hydrogen (secondary N) is 1. The maximum absolute atomic E-state index is 13.2. The Hall–Kier alpha value is -2.34. The van der Waals surface area contributed by atoms with Crippen LogP contribution in [0.5, 0.6) is 5.75 Å². The maximum Gasteiger partial charge on any atom is 0.274 e. The summed E-state index contributed by atoms with van der Waals surface area (Å²) in [6.07, 6.45) is 6.31. The molecule has 0 unspecified atom stereocenters. The highest BCUT2D eigenvalue weighted by atomic mass is 16.5. The quantitative estimate of drug-likeness (QED) is 0.815. The predicted molar refractivity (Wildman–Crippen MR) is 113 cm³/mol. The number of aromatic nitrogens is 2. The lowest BCUT2D eigenvalue weighted by atomic mass is 9.90. The van der Waals surface area contributed by atoms with Gasteiger partial charge in [0.1, 0.15) is 5.75 Å².